The largest absolute Gasteiger partial charge is 0.466 e. The highest BCUT2D eigenvalue weighted by Gasteiger charge is 2.18. The van der Waals surface area contributed by atoms with Gasteiger partial charge in [-0.05, 0) is 57.8 Å². The van der Waals surface area contributed by atoms with Crippen LogP contribution in [0.25, 0.3) is 0 Å². The number of amides is 1. The Morgan fingerprint density at radius 2 is 0.644 bits per heavy atom. The van der Waals surface area contributed by atoms with Crippen molar-refractivity contribution in [3.05, 3.63) is 24.3 Å². The van der Waals surface area contributed by atoms with Gasteiger partial charge in [0, 0.05) is 12.8 Å². The second kappa shape index (κ2) is 62.9. The van der Waals surface area contributed by atoms with E-state index in [4.69, 9.17) is 4.74 Å². The van der Waals surface area contributed by atoms with E-state index in [1.807, 2.05) is 6.08 Å². The lowest BCUT2D eigenvalue weighted by Crippen LogP contribution is -2.45. The molecule has 0 fully saturated rings. The smallest absolute Gasteiger partial charge is 0.305 e. The molecule has 0 heterocycles. The summed E-state index contributed by atoms with van der Waals surface area (Å²) in [5, 5.41) is 23.2. The van der Waals surface area contributed by atoms with Crippen LogP contribution in [0.1, 0.15) is 367 Å². The predicted molar refractivity (Wildman–Crippen MR) is 320 cm³/mol. The number of rotatable bonds is 62. The van der Waals surface area contributed by atoms with Crippen molar-refractivity contribution >= 4 is 11.9 Å². The second-order valence-corrected chi connectivity index (χ2v) is 22.8. The van der Waals surface area contributed by atoms with Gasteiger partial charge < -0.3 is 20.3 Å². The number of hydrogen-bond donors (Lipinski definition) is 3. The fourth-order valence-corrected chi connectivity index (χ4v) is 10.4. The lowest BCUT2D eigenvalue weighted by Gasteiger charge is -2.20. The number of aliphatic hydroxyl groups excluding tert-OH is 2. The van der Waals surface area contributed by atoms with Crippen molar-refractivity contribution in [2.75, 3.05) is 13.2 Å². The van der Waals surface area contributed by atoms with Crippen molar-refractivity contribution in [1.29, 1.82) is 0 Å². The number of carbonyl (C=O) groups is 2. The van der Waals surface area contributed by atoms with E-state index in [1.54, 1.807) is 6.08 Å². The summed E-state index contributed by atoms with van der Waals surface area (Å²) in [6, 6.07) is -0.627. The molecule has 3 N–H and O–H groups in total. The van der Waals surface area contributed by atoms with E-state index < -0.39 is 12.1 Å². The molecule has 2 atom stereocenters. The number of aliphatic hydroxyl groups is 2. The third kappa shape index (κ3) is 59.4. The van der Waals surface area contributed by atoms with Crippen LogP contribution in [-0.4, -0.2) is 47.4 Å². The van der Waals surface area contributed by atoms with Crippen LogP contribution in [0.5, 0.6) is 0 Å². The summed E-state index contributed by atoms with van der Waals surface area (Å²) < 4.78 is 5.48. The highest BCUT2D eigenvalue weighted by Crippen LogP contribution is 2.18. The average Bonchev–Trinajstić information content (AvgIpc) is 3.39. The van der Waals surface area contributed by atoms with E-state index in [0.29, 0.717) is 19.4 Å². The van der Waals surface area contributed by atoms with Gasteiger partial charge in [-0.1, -0.05) is 321 Å². The Kier molecular flexibility index (Phi) is 61.4. The first-order valence-electron chi connectivity index (χ1n) is 33.1. The van der Waals surface area contributed by atoms with E-state index in [1.165, 1.54) is 295 Å². The van der Waals surface area contributed by atoms with E-state index in [9.17, 15) is 19.8 Å². The maximum Gasteiger partial charge on any atom is 0.305 e. The first-order valence-corrected chi connectivity index (χ1v) is 33.1. The van der Waals surface area contributed by atoms with Crippen molar-refractivity contribution in [2.45, 2.75) is 379 Å². The summed E-state index contributed by atoms with van der Waals surface area (Å²) in [5.41, 5.74) is 0. The summed E-state index contributed by atoms with van der Waals surface area (Å²) in [6.07, 6.45) is 78.0. The number of esters is 1. The molecule has 0 rings (SSSR count). The molecule has 2 unspecified atom stereocenters. The van der Waals surface area contributed by atoms with Crippen molar-refractivity contribution in [2.24, 2.45) is 0 Å². The van der Waals surface area contributed by atoms with Gasteiger partial charge in [-0.2, -0.15) is 0 Å². The quantitative estimate of drug-likeness (QED) is 0.0320. The summed E-state index contributed by atoms with van der Waals surface area (Å²) in [4.78, 5) is 24.5. The molecule has 432 valence electrons. The number of nitrogens with one attached hydrogen (secondary N) is 1. The van der Waals surface area contributed by atoms with Crippen LogP contribution in [-0.2, 0) is 14.3 Å². The summed E-state index contributed by atoms with van der Waals surface area (Å²) in [7, 11) is 0. The van der Waals surface area contributed by atoms with E-state index in [-0.39, 0.29) is 18.5 Å². The van der Waals surface area contributed by atoms with Gasteiger partial charge in [-0.15, -0.1) is 0 Å². The molecule has 0 aromatic carbocycles. The van der Waals surface area contributed by atoms with Crippen LogP contribution < -0.4 is 5.32 Å². The molecule has 0 bridgehead atoms. The highest BCUT2D eigenvalue weighted by atomic mass is 16.5. The standard InChI is InChI=1S/C67H129NO5/c1-3-5-7-9-11-13-15-17-19-20-29-32-35-39-43-47-51-55-59-65(70)64(63-69)68-66(71)60-56-52-48-44-40-36-33-30-27-25-23-21-22-24-26-28-31-34-38-42-46-50-54-58-62-73-67(72)61-57-53-49-45-41-37-18-16-14-12-10-8-6-4-2/h16,18,55,59,64-65,69-70H,3-15,17,19-54,56-58,60-63H2,1-2H3,(H,68,71)/b18-16-,59-55+. The Morgan fingerprint density at radius 3 is 0.973 bits per heavy atom. The Labute approximate surface area is 456 Å². The van der Waals surface area contributed by atoms with Gasteiger partial charge in [0.1, 0.15) is 0 Å². The normalized spacial score (nSPS) is 12.7. The van der Waals surface area contributed by atoms with E-state index in [0.717, 1.165) is 44.9 Å². The highest BCUT2D eigenvalue weighted by molar-refractivity contribution is 5.76. The van der Waals surface area contributed by atoms with Crippen LogP contribution >= 0.6 is 0 Å². The van der Waals surface area contributed by atoms with Crippen LogP contribution in [0.15, 0.2) is 24.3 Å². The third-order valence-corrected chi connectivity index (χ3v) is 15.5. The van der Waals surface area contributed by atoms with Gasteiger partial charge in [0.15, 0.2) is 0 Å². The lowest BCUT2D eigenvalue weighted by molar-refractivity contribution is -0.143. The van der Waals surface area contributed by atoms with Crippen molar-refractivity contribution < 1.29 is 24.5 Å². The molecule has 73 heavy (non-hydrogen) atoms. The zero-order valence-corrected chi connectivity index (χ0v) is 49.4. The number of ether oxygens (including phenoxy) is 1. The fraction of sp³-hybridized carbons (Fsp3) is 0.910. The summed E-state index contributed by atoms with van der Waals surface area (Å²) in [5.74, 6) is -0.0569. The number of unbranched alkanes of at least 4 members (excludes halogenated alkanes) is 49. The Bertz CT molecular complexity index is 1140. The zero-order chi connectivity index (χ0) is 52.9. The second-order valence-electron chi connectivity index (χ2n) is 22.8. The van der Waals surface area contributed by atoms with Gasteiger partial charge in [-0.3, -0.25) is 9.59 Å². The van der Waals surface area contributed by atoms with Crippen molar-refractivity contribution in [3.63, 3.8) is 0 Å². The first-order chi connectivity index (χ1) is 36.0. The molecule has 0 spiro atoms. The van der Waals surface area contributed by atoms with Crippen LogP contribution in [0, 0.1) is 0 Å². The lowest BCUT2D eigenvalue weighted by atomic mass is 10.0. The molecule has 0 saturated heterocycles. The molecular weight excluding hydrogens is 899 g/mol. The molecule has 6 heteroatoms. The number of allylic oxidation sites excluding steroid dienone is 3. The van der Waals surface area contributed by atoms with Gasteiger partial charge in [0.2, 0.25) is 5.91 Å². The Hall–Kier alpha value is -1.66. The molecule has 0 aromatic rings. The third-order valence-electron chi connectivity index (χ3n) is 15.5. The zero-order valence-electron chi connectivity index (χ0n) is 49.4. The SMILES string of the molecule is CCCCCCC/C=C\CCCCCCCC(=O)OCCCCCCCCCCCCCCCCCCCCCCCCCCC(=O)NC(CO)C(O)/C=C/CCCCCCCCCCCCCCCCCC. The molecule has 0 aliphatic heterocycles. The van der Waals surface area contributed by atoms with E-state index in [2.05, 4.69) is 31.3 Å². The van der Waals surface area contributed by atoms with Crippen LogP contribution in [0.4, 0.5) is 0 Å². The van der Waals surface area contributed by atoms with Crippen LogP contribution in [0.3, 0.4) is 0 Å². The molecule has 0 saturated carbocycles. The minimum absolute atomic E-state index is 0.00694. The molecular formula is C67H129NO5. The topological polar surface area (TPSA) is 95.9 Å². The first kappa shape index (κ1) is 71.3. The van der Waals surface area contributed by atoms with Crippen molar-refractivity contribution in [1.82, 2.24) is 5.32 Å². The van der Waals surface area contributed by atoms with Gasteiger partial charge in [-0.25, -0.2) is 0 Å². The van der Waals surface area contributed by atoms with Gasteiger partial charge in [0.05, 0.1) is 25.4 Å². The maximum atomic E-state index is 12.5. The number of carbonyl (C=O) groups excluding carboxylic acids is 2. The molecule has 1 amide bonds. The van der Waals surface area contributed by atoms with E-state index >= 15 is 0 Å². The fourth-order valence-electron chi connectivity index (χ4n) is 10.4. The minimum atomic E-state index is -0.844. The molecule has 0 aliphatic carbocycles. The van der Waals surface area contributed by atoms with Gasteiger partial charge >= 0.3 is 5.97 Å². The van der Waals surface area contributed by atoms with Gasteiger partial charge in [0.25, 0.3) is 0 Å². The summed E-state index contributed by atoms with van der Waals surface area (Å²) >= 11 is 0. The molecule has 0 aromatic heterocycles. The number of hydrogen-bond acceptors (Lipinski definition) is 5. The minimum Gasteiger partial charge on any atom is -0.466 e. The Balaban J connectivity index is 3.39. The summed E-state index contributed by atoms with van der Waals surface area (Å²) in [6.45, 7) is 4.92. The Morgan fingerprint density at radius 1 is 0.370 bits per heavy atom. The van der Waals surface area contributed by atoms with Crippen LogP contribution in [0.2, 0.25) is 0 Å². The maximum absolute atomic E-state index is 12.5. The molecule has 0 radical (unpaired) electrons. The average molecular weight is 1030 g/mol. The molecule has 0 aliphatic rings. The van der Waals surface area contributed by atoms with Crippen molar-refractivity contribution in [3.8, 4) is 0 Å². The predicted octanol–water partition coefficient (Wildman–Crippen LogP) is 21.0. The monoisotopic (exact) mass is 1030 g/mol. The molecule has 6 nitrogen and oxygen atoms in total.